The number of hydrogen-bond acceptors (Lipinski definition) is 4. The van der Waals surface area contributed by atoms with E-state index in [2.05, 4.69) is 56.9 Å². The second-order valence-corrected chi connectivity index (χ2v) is 9.40. The SMILES string of the molecule is CCN(CC)CCn1c(-c2ccc(C)cc2)nc2sc3c(c2c1=O)CCC(C)C3. The van der Waals surface area contributed by atoms with Gasteiger partial charge in [-0.3, -0.25) is 9.36 Å². The Morgan fingerprint density at radius 2 is 1.93 bits per heavy atom. The van der Waals surface area contributed by atoms with E-state index in [4.69, 9.17) is 4.98 Å². The predicted molar refractivity (Wildman–Crippen MR) is 123 cm³/mol. The van der Waals surface area contributed by atoms with Crippen molar-refractivity contribution in [3.63, 3.8) is 0 Å². The molecule has 154 valence electrons. The predicted octanol–water partition coefficient (Wildman–Crippen LogP) is 4.90. The lowest BCUT2D eigenvalue weighted by molar-refractivity contribution is 0.289. The van der Waals surface area contributed by atoms with Gasteiger partial charge in [0.05, 0.1) is 5.39 Å². The third kappa shape index (κ3) is 3.90. The minimum absolute atomic E-state index is 0.143. The van der Waals surface area contributed by atoms with E-state index in [9.17, 15) is 4.79 Å². The van der Waals surface area contributed by atoms with Crippen LogP contribution in [-0.4, -0.2) is 34.1 Å². The fourth-order valence-electron chi connectivity index (χ4n) is 4.34. The van der Waals surface area contributed by atoms with E-state index in [-0.39, 0.29) is 5.56 Å². The van der Waals surface area contributed by atoms with Crippen LogP contribution in [0.25, 0.3) is 21.6 Å². The molecule has 0 spiro atoms. The molecule has 0 aliphatic heterocycles. The van der Waals surface area contributed by atoms with Crippen molar-refractivity contribution < 1.29 is 0 Å². The molecule has 0 amide bonds. The Kier molecular flexibility index (Phi) is 5.88. The Morgan fingerprint density at radius 3 is 2.62 bits per heavy atom. The third-order valence-electron chi connectivity index (χ3n) is 6.26. The van der Waals surface area contributed by atoms with Crippen LogP contribution in [0.15, 0.2) is 29.1 Å². The fraction of sp³-hybridized carbons (Fsp3) is 0.500. The van der Waals surface area contributed by atoms with E-state index in [0.29, 0.717) is 12.5 Å². The molecule has 0 saturated heterocycles. The second kappa shape index (κ2) is 8.41. The lowest BCUT2D eigenvalue weighted by Crippen LogP contribution is -2.32. The lowest BCUT2D eigenvalue weighted by Gasteiger charge is -2.20. The fourth-order valence-corrected chi connectivity index (χ4v) is 5.71. The quantitative estimate of drug-likeness (QED) is 0.581. The van der Waals surface area contributed by atoms with Crippen LogP contribution < -0.4 is 5.56 Å². The van der Waals surface area contributed by atoms with Gasteiger partial charge in [-0.25, -0.2) is 4.98 Å². The Bertz CT molecular complexity index is 1060. The van der Waals surface area contributed by atoms with Gasteiger partial charge in [0.2, 0.25) is 0 Å². The van der Waals surface area contributed by atoms with Crippen molar-refractivity contribution in [3.8, 4) is 11.4 Å². The Balaban J connectivity index is 1.88. The zero-order valence-electron chi connectivity index (χ0n) is 18.0. The molecular weight excluding hydrogens is 378 g/mol. The maximum atomic E-state index is 13.7. The summed E-state index contributed by atoms with van der Waals surface area (Å²) in [6.45, 7) is 12.3. The molecule has 0 fully saturated rings. The first-order chi connectivity index (χ1) is 14.0. The largest absolute Gasteiger partial charge is 0.302 e. The normalized spacial score (nSPS) is 16.5. The van der Waals surface area contributed by atoms with Crippen LogP contribution >= 0.6 is 11.3 Å². The number of hydrogen-bond donors (Lipinski definition) is 0. The van der Waals surface area contributed by atoms with E-state index in [0.717, 1.165) is 60.5 Å². The molecule has 4 rings (SSSR count). The van der Waals surface area contributed by atoms with Gasteiger partial charge < -0.3 is 4.90 Å². The summed E-state index contributed by atoms with van der Waals surface area (Å²) in [5.74, 6) is 1.50. The maximum absolute atomic E-state index is 13.7. The van der Waals surface area contributed by atoms with Gasteiger partial charge in [-0.15, -0.1) is 11.3 Å². The highest BCUT2D eigenvalue weighted by molar-refractivity contribution is 7.18. The van der Waals surface area contributed by atoms with Crippen LogP contribution in [0.4, 0.5) is 0 Å². The molecule has 2 heterocycles. The van der Waals surface area contributed by atoms with Crippen molar-refractivity contribution in [3.05, 3.63) is 50.6 Å². The summed E-state index contributed by atoms with van der Waals surface area (Å²) in [5.41, 5.74) is 3.65. The van der Waals surface area contributed by atoms with Crippen molar-refractivity contribution in [2.45, 2.75) is 53.5 Å². The molecule has 5 heteroatoms. The average Bonchev–Trinajstić information content (AvgIpc) is 3.08. The minimum Gasteiger partial charge on any atom is -0.302 e. The minimum atomic E-state index is 0.143. The summed E-state index contributed by atoms with van der Waals surface area (Å²) < 4.78 is 1.93. The zero-order chi connectivity index (χ0) is 20.5. The van der Waals surface area contributed by atoms with Crippen LogP contribution in [0, 0.1) is 12.8 Å². The summed E-state index contributed by atoms with van der Waals surface area (Å²) in [5, 5.41) is 0.882. The molecule has 1 aromatic carbocycles. The summed E-state index contributed by atoms with van der Waals surface area (Å²) in [6.07, 6.45) is 3.25. The summed E-state index contributed by atoms with van der Waals surface area (Å²) in [6, 6.07) is 8.38. The highest BCUT2D eigenvalue weighted by atomic mass is 32.1. The van der Waals surface area contributed by atoms with Crippen molar-refractivity contribution in [1.82, 2.24) is 14.5 Å². The van der Waals surface area contributed by atoms with E-state index in [1.807, 2.05) is 4.57 Å². The van der Waals surface area contributed by atoms with Gasteiger partial charge in [0.1, 0.15) is 10.7 Å². The molecule has 0 saturated carbocycles. The maximum Gasteiger partial charge on any atom is 0.262 e. The molecule has 1 unspecified atom stereocenters. The number of fused-ring (bicyclic) bond motifs is 3. The number of aryl methyl sites for hydroxylation is 2. The highest BCUT2D eigenvalue weighted by Gasteiger charge is 2.25. The van der Waals surface area contributed by atoms with Crippen molar-refractivity contribution in [2.75, 3.05) is 19.6 Å². The average molecular weight is 410 g/mol. The standard InChI is InChI=1S/C24H31N3OS/c1-5-26(6-2)13-14-27-22(18-10-7-16(3)8-11-18)25-23-21(24(27)28)19-12-9-17(4)15-20(19)29-23/h7-8,10-11,17H,5-6,9,12-15H2,1-4H3. The van der Waals surface area contributed by atoms with Crippen molar-refractivity contribution in [2.24, 2.45) is 5.92 Å². The van der Waals surface area contributed by atoms with E-state index >= 15 is 0 Å². The number of nitrogens with zero attached hydrogens (tertiary/aromatic N) is 3. The molecule has 3 aromatic rings. The molecule has 1 atom stereocenters. The number of likely N-dealkylation sites (N-methyl/N-ethyl adjacent to an activating group) is 1. The first kappa shape index (κ1) is 20.3. The first-order valence-corrected chi connectivity index (χ1v) is 11.7. The summed E-state index contributed by atoms with van der Waals surface area (Å²) in [7, 11) is 0. The number of benzene rings is 1. The first-order valence-electron chi connectivity index (χ1n) is 10.9. The molecule has 0 radical (unpaired) electrons. The molecule has 1 aliphatic carbocycles. The van der Waals surface area contributed by atoms with Crippen LogP contribution in [0.3, 0.4) is 0 Å². The smallest absolute Gasteiger partial charge is 0.262 e. The van der Waals surface area contributed by atoms with Gasteiger partial charge in [0.25, 0.3) is 5.56 Å². The number of thiophene rings is 1. The molecule has 4 nitrogen and oxygen atoms in total. The van der Waals surface area contributed by atoms with Crippen LogP contribution in [0.1, 0.15) is 43.2 Å². The van der Waals surface area contributed by atoms with Gasteiger partial charge in [0, 0.05) is 23.5 Å². The molecule has 0 N–H and O–H groups in total. The van der Waals surface area contributed by atoms with Crippen molar-refractivity contribution in [1.29, 1.82) is 0 Å². The van der Waals surface area contributed by atoms with Gasteiger partial charge in [-0.1, -0.05) is 50.6 Å². The lowest BCUT2D eigenvalue weighted by atomic mass is 9.89. The molecule has 1 aliphatic rings. The Labute approximate surface area is 177 Å². The van der Waals surface area contributed by atoms with E-state index in [1.54, 1.807) is 11.3 Å². The van der Waals surface area contributed by atoms with Crippen LogP contribution in [-0.2, 0) is 19.4 Å². The summed E-state index contributed by atoms with van der Waals surface area (Å²) >= 11 is 1.74. The number of rotatable bonds is 6. The molecule has 0 bridgehead atoms. The van der Waals surface area contributed by atoms with E-state index < -0.39 is 0 Å². The van der Waals surface area contributed by atoms with Gasteiger partial charge in [-0.05, 0) is 50.8 Å². The van der Waals surface area contributed by atoms with Crippen LogP contribution in [0.5, 0.6) is 0 Å². The zero-order valence-corrected chi connectivity index (χ0v) is 18.8. The molecule has 29 heavy (non-hydrogen) atoms. The van der Waals surface area contributed by atoms with Gasteiger partial charge >= 0.3 is 0 Å². The third-order valence-corrected chi connectivity index (χ3v) is 7.41. The topological polar surface area (TPSA) is 38.1 Å². The molecule has 2 aromatic heterocycles. The van der Waals surface area contributed by atoms with E-state index in [1.165, 1.54) is 16.0 Å². The van der Waals surface area contributed by atoms with Crippen LogP contribution in [0.2, 0.25) is 0 Å². The highest BCUT2D eigenvalue weighted by Crippen LogP contribution is 2.36. The van der Waals surface area contributed by atoms with Gasteiger partial charge in [0.15, 0.2) is 0 Å². The Morgan fingerprint density at radius 1 is 1.21 bits per heavy atom. The number of aromatic nitrogens is 2. The monoisotopic (exact) mass is 409 g/mol. The summed E-state index contributed by atoms with van der Waals surface area (Å²) in [4.78, 5) is 23.4. The second-order valence-electron chi connectivity index (χ2n) is 8.32. The Hall–Kier alpha value is -1.98. The van der Waals surface area contributed by atoms with Gasteiger partial charge in [-0.2, -0.15) is 0 Å². The molecular formula is C24H31N3OS. The van der Waals surface area contributed by atoms with Crippen molar-refractivity contribution >= 4 is 21.6 Å².